The Balaban J connectivity index is 1.86. The molecule has 1 unspecified atom stereocenters. The van der Waals surface area contributed by atoms with Crippen LogP contribution in [0.3, 0.4) is 0 Å². The average molecular weight is 399 g/mol. The second-order valence-electron chi connectivity index (χ2n) is 5.88. The highest BCUT2D eigenvalue weighted by atomic mass is 32.2. The van der Waals surface area contributed by atoms with Crippen LogP contribution in [0.1, 0.15) is 17.3 Å². The normalized spacial score (nSPS) is 11.5. The van der Waals surface area contributed by atoms with Crippen molar-refractivity contribution in [2.24, 2.45) is 0 Å². The van der Waals surface area contributed by atoms with Crippen molar-refractivity contribution in [3.63, 3.8) is 0 Å². The molecular weight excluding hydrogens is 381 g/mol. The number of ketones is 1. The number of nitrogens with zero attached hydrogens (tertiary/aromatic N) is 2. The van der Waals surface area contributed by atoms with Crippen LogP contribution >= 0.6 is 0 Å². The Morgan fingerprint density at radius 3 is 2.54 bits per heavy atom. The topological polar surface area (TPSA) is 96.0 Å². The van der Waals surface area contributed by atoms with Crippen LogP contribution in [0.4, 0.5) is 33.2 Å². The summed E-state index contributed by atoms with van der Waals surface area (Å²) in [5, 5.41) is 5.84. The highest BCUT2D eigenvalue weighted by molar-refractivity contribution is 7.85. The number of rotatable bonds is 7. The third-order valence-electron chi connectivity index (χ3n) is 3.70. The van der Waals surface area contributed by atoms with Gasteiger partial charge in [-0.05, 0) is 31.2 Å². The molecule has 9 heteroatoms. The number of benzene rings is 2. The van der Waals surface area contributed by atoms with Crippen LogP contribution < -0.4 is 15.4 Å². The van der Waals surface area contributed by atoms with Gasteiger partial charge in [0.1, 0.15) is 11.0 Å². The van der Waals surface area contributed by atoms with E-state index in [-0.39, 0.29) is 17.5 Å². The summed E-state index contributed by atoms with van der Waals surface area (Å²) >= 11 is 0. The molecule has 0 fully saturated rings. The zero-order chi connectivity index (χ0) is 20.1. The first-order chi connectivity index (χ1) is 13.4. The van der Waals surface area contributed by atoms with Crippen LogP contribution in [-0.2, 0) is 11.0 Å². The minimum absolute atomic E-state index is 0.0450. The van der Waals surface area contributed by atoms with E-state index < -0.39 is 16.8 Å². The Morgan fingerprint density at radius 2 is 1.82 bits per heavy atom. The molecule has 0 aliphatic rings. The zero-order valence-electron chi connectivity index (χ0n) is 15.2. The molecule has 7 nitrogen and oxygen atoms in total. The number of para-hydroxylation sites is 2. The van der Waals surface area contributed by atoms with Gasteiger partial charge < -0.3 is 15.4 Å². The van der Waals surface area contributed by atoms with E-state index in [1.165, 1.54) is 13.2 Å². The van der Waals surface area contributed by atoms with Crippen molar-refractivity contribution in [3.05, 3.63) is 66.1 Å². The van der Waals surface area contributed by atoms with E-state index in [0.717, 1.165) is 6.20 Å². The average Bonchev–Trinajstić information content (AvgIpc) is 2.66. The number of Topliss-reactive ketones (excluding diaryl/α,β-unsaturated/α-hetero) is 1. The maximum absolute atomic E-state index is 14.2. The number of hydrogen-bond donors (Lipinski definition) is 3. The molecule has 3 N–H and O–H groups in total. The first-order valence-corrected chi connectivity index (χ1v) is 9.85. The maximum atomic E-state index is 14.2. The first kappa shape index (κ1) is 19.4. The standard InChI is InChI=1S/C19H18FN5O2S/c1-12(26)13-6-5-7-14(10-13)22-19-21-11-15(20)18(24-19)23-16-8-3-4-9-17(16)25-28(2)27/h3-11,25H,1-2H3,(H2,21,22,23,24). The fraction of sp³-hybridized carbons (Fsp3) is 0.105. The van der Waals surface area contributed by atoms with Gasteiger partial charge in [0.2, 0.25) is 5.95 Å². The van der Waals surface area contributed by atoms with E-state index in [1.54, 1.807) is 48.5 Å². The molecule has 0 aliphatic heterocycles. The van der Waals surface area contributed by atoms with Gasteiger partial charge in [-0.1, -0.05) is 24.3 Å². The fourth-order valence-corrected chi connectivity index (χ4v) is 2.91. The third-order valence-corrected chi connectivity index (χ3v) is 4.21. The van der Waals surface area contributed by atoms with E-state index in [2.05, 4.69) is 25.3 Å². The molecule has 28 heavy (non-hydrogen) atoms. The summed E-state index contributed by atoms with van der Waals surface area (Å²) < 4.78 is 28.5. The van der Waals surface area contributed by atoms with Gasteiger partial charge >= 0.3 is 0 Å². The molecule has 1 aromatic heterocycles. The largest absolute Gasteiger partial charge is 0.336 e. The lowest BCUT2D eigenvalue weighted by Crippen LogP contribution is -2.07. The van der Waals surface area contributed by atoms with Crippen LogP contribution in [0.25, 0.3) is 0 Å². The molecule has 0 aliphatic carbocycles. The van der Waals surface area contributed by atoms with Gasteiger partial charge in [-0.15, -0.1) is 0 Å². The molecule has 3 rings (SSSR count). The van der Waals surface area contributed by atoms with Crippen LogP contribution in [-0.4, -0.2) is 26.2 Å². The van der Waals surface area contributed by atoms with Gasteiger partial charge in [0.25, 0.3) is 0 Å². The number of halogens is 1. The second kappa shape index (κ2) is 8.57. The lowest BCUT2D eigenvalue weighted by atomic mass is 10.1. The lowest BCUT2D eigenvalue weighted by molar-refractivity contribution is 0.101. The molecular formula is C19H18FN5O2S. The van der Waals surface area contributed by atoms with Crippen molar-refractivity contribution in [2.45, 2.75) is 6.92 Å². The van der Waals surface area contributed by atoms with Crippen LogP contribution in [0, 0.1) is 5.82 Å². The third kappa shape index (κ3) is 4.89. The number of hydrogen-bond acceptors (Lipinski definition) is 6. The van der Waals surface area contributed by atoms with E-state index in [9.17, 15) is 13.4 Å². The van der Waals surface area contributed by atoms with Crippen LogP contribution in [0.2, 0.25) is 0 Å². The Bertz CT molecular complexity index is 1040. The van der Waals surface area contributed by atoms with Crippen molar-refractivity contribution >= 4 is 45.6 Å². The lowest BCUT2D eigenvalue weighted by Gasteiger charge is -2.13. The first-order valence-electron chi connectivity index (χ1n) is 8.29. The molecule has 0 saturated carbocycles. The summed E-state index contributed by atoms with van der Waals surface area (Å²) in [5.41, 5.74) is 2.21. The molecule has 0 radical (unpaired) electrons. The predicted molar refractivity (Wildman–Crippen MR) is 109 cm³/mol. The fourth-order valence-electron chi connectivity index (χ4n) is 2.42. The van der Waals surface area contributed by atoms with Gasteiger partial charge in [-0.25, -0.2) is 13.6 Å². The predicted octanol–water partition coefficient (Wildman–Crippen LogP) is 4.01. The molecule has 1 atom stereocenters. The smallest absolute Gasteiger partial charge is 0.229 e. The van der Waals surface area contributed by atoms with Gasteiger partial charge in [0.15, 0.2) is 17.4 Å². The van der Waals surface area contributed by atoms with Crippen molar-refractivity contribution < 1.29 is 13.4 Å². The molecule has 0 spiro atoms. The van der Waals surface area contributed by atoms with Crippen molar-refractivity contribution in [1.82, 2.24) is 9.97 Å². The molecule has 0 amide bonds. The Kier molecular flexibility index (Phi) is 5.95. The minimum Gasteiger partial charge on any atom is -0.336 e. The van der Waals surface area contributed by atoms with Crippen molar-refractivity contribution in [1.29, 1.82) is 0 Å². The Hall–Kier alpha value is -3.33. The summed E-state index contributed by atoms with van der Waals surface area (Å²) in [6.07, 6.45) is 2.54. The summed E-state index contributed by atoms with van der Waals surface area (Å²) in [7, 11) is -1.28. The molecule has 1 heterocycles. The SMILES string of the molecule is CC(=O)c1cccc(Nc2ncc(F)c(Nc3ccccc3NS(C)=O)n2)c1. The number of aromatic nitrogens is 2. The summed E-state index contributed by atoms with van der Waals surface area (Å²) in [5.74, 6) is -0.593. The highest BCUT2D eigenvalue weighted by Gasteiger charge is 2.11. The van der Waals surface area contributed by atoms with Gasteiger partial charge in [-0.2, -0.15) is 4.98 Å². The van der Waals surface area contributed by atoms with E-state index in [0.29, 0.717) is 22.6 Å². The van der Waals surface area contributed by atoms with Crippen LogP contribution in [0.15, 0.2) is 54.7 Å². The molecule has 3 aromatic rings. The quantitative estimate of drug-likeness (QED) is 0.520. The number of carbonyl (C=O) groups excluding carboxylic acids is 1. The molecule has 0 bridgehead atoms. The number of anilines is 5. The number of carbonyl (C=O) groups is 1. The second-order valence-corrected chi connectivity index (χ2v) is 6.99. The van der Waals surface area contributed by atoms with E-state index in [1.807, 2.05) is 0 Å². The zero-order valence-corrected chi connectivity index (χ0v) is 16.0. The highest BCUT2D eigenvalue weighted by Crippen LogP contribution is 2.26. The summed E-state index contributed by atoms with van der Waals surface area (Å²) in [6.45, 7) is 1.48. The molecule has 2 aromatic carbocycles. The number of nitrogens with one attached hydrogen (secondary N) is 3. The van der Waals surface area contributed by atoms with Crippen molar-refractivity contribution in [2.75, 3.05) is 21.6 Å². The van der Waals surface area contributed by atoms with Crippen molar-refractivity contribution in [3.8, 4) is 0 Å². The summed E-state index contributed by atoms with van der Waals surface area (Å²) in [4.78, 5) is 19.6. The van der Waals surface area contributed by atoms with E-state index >= 15 is 0 Å². The Labute approximate surface area is 164 Å². The van der Waals surface area contributed by atoms with Gasteiger partial charge in [0.05, 0.1) is 17.6 Å². The summed E-state index contributed by atoms with van der Waals surface area (Å²) in [6, 6.07) is 13.8. The van der Waals surface area contributed by atoms with Gasteiger partial charge in [0, 0.05) is 17.5 Å². The maximum Gasteiger partial charge on any atom is 0.229 e. The van der Waals surface area contributed by atoms with E-state index in [4.69, 9.17) is 0 Å². The molecule has 144 valence electrons. The monoisotopic (exact) mass is 399 g/mol. The van der Waals surface area contributed by atoms with Gasteiger partial charge in [-0.3, -0.25) is 4.79 Å². The van der Waals surface area contributed by atoms with Crippen LogP contribution in [0.5, 0.6) is 0 Å². The minimum atomic E-state index is -1.28. The molecule has 0 saturated heterocycles. The Morgan fingerprint density at radius 1 is 1.07 bits per heavy atom.